The zero-order chi connectivity index (χ0) is 29.9. The van der Waals surface area contributed by atoms with Crippen molar-refractivity contribution in [1.82, 2.24) is 15.3 Å². The molecule has 1 aromatic heterocycles. The molecule has 4 rings (SSSR count). The largest absolute Gasteiger partial charge is 0.477 e. The third-order valence-electron chi connectivity index (χ3n) is 6.14. The molecule has 4 aromatic rings. The molecule has 1 atom stereocenters. The van der Waals surface area contributed by atoms with Gasteiger partial charge in [0, 0.05) is 17.5 Å². The summed E-state index contributed by atoms with van der Waals surface area (Å²) in [5, 5.41) is 10.6. The van der Waals surface area contributed by atoms with E-state index in [4.69, 9.17) is 5.11 Å². The van der Waals surface area contributed by atoms with Crippen molar-refractivity contribution in [3.63, 3.8) is 0 Å². The maximum atomic E-state index is 13.7. The molecule has 0 radical (unpaired) electrons. The summed E-state index contributed by atoms with van der Waals surface area (Å²) in [5.41, 5.74) is 0.345. The number of benzene rings is 3. The van der Waals surface area contributed by atoms with E-state index in [-0.39, 0.29) is 40.8 Å². The van der Waals surface area contributed by atoms with Gasteiger partial charge in [0.15, 0.2) is 6.04 Å². The highest BCUT2D eigenvalue weighted by Gasteiger charge is 2.42. The lowest BCUT2D eigenvalue weighted by atomic mass is 10.0. The Hall–Kier alpha value is -4.55. The van der Waals surface area contributed by atoms with Crippen LogP contribution in [0.2, 0.25) is 0 Å². The van der Waals surface area contributed by atoms with Gasteiger partial charge in [-0.1, -0.05) is 12.1 Å². The second-order valence-electron chi connectivity index (χ2n) is 9.09. The molecule has 6 nitrogen and oxygen atoms in total. The Bertz CT molecular complexity index is 1570. The number of aliphatic carboxylic acids is 1. The predicted molar refractivity (Wildman–Crippen MR) is 133 cm³/mol. The van der Waals surface area contributed by atoms with Crippen LogP contribution in [0.4, 0.5) is 30.7 Å². The monoisotopic (exact) mass is 579 g/mol. The van der Waals surface area contributed by atoms with Crippen molar-refractivity contribution < 1.29 is 45.4 Å². The average Bonchev–Trinajstić information content (AvgIpc) is 2.91. The third kappa shape index (κ3) is 6.97. The number of carbonyl (C=O) groups is 2. The molecule has 0 aliphatic carbocycles. The molecule has 41 heavy (non-hydrogen) atoms. The van der Waals surface area contributed by atoms with Crippen LogP contribution in [-0.4, -0.2) is 39.0 Å². The number of fused-ring (bicyclic) bond motifs is 1. The van der Waals surface area contributed by atoms with Crippen LogP contribution in [0.15, 0.2) is 66.7 Å². The van der Waals surface area contributed by atoms with Gasteiger partial charge in [-0.15, -0.1) is 0 Å². The molecule has 3 aromatic carbocycles. The van der Waals surface area contributed by atoms with E-state index in [1.54, 1.807) is 0 Å². The number of hydrogen-bond acceptors (Lipinski definition) is 4. The normalized spacial score (nSPS) is 12.8. The van der Waals surface area contributed by atoms with Gasteiger partial charge in [-0.3, -0.25) is 4.79 Å². The molecule has 2 N–H and O–H groups in total. The number of carboxylic acid groups (broad SMARTS) is 1. The Kier molecular flexibility index (Phi) is 8.27. The lowest BCUT2D eigenvalue weighted by Crippen LogP contribution is -2.38. The Morgan fingerprint density at radius 3 is 2.02 bits per heavy atom. The van der Waals surface area contributed by atoms with Crippen LogP contribution >= 0.6 is 0 Å². The summed E-state index contributed by atoms with van der Waals surface area (Å²) < 4.78 is 95.1. The summed E-state index contributed by atoms with van der Waals surface area (Å²) in [6.45, 7) is 0. The molecule has 0 aliphatic heterocycles. The lowest BCUT2D eigenvalue weighted by molar-refractivity contribution is -0.165. The van der Waals surface area contributed by atoms with Gasteiger partial charge < -0.3 is 10.4 Å². The number of hydrogen-bond donors (Lipinski definition) is 2. The van der Waals surface area contributed by atoms with Crippen molar-refractivity contribution in [2.45, 2.75) is 37.4 Å². The fraction of sp³-hybridized carbons (Fsp3) is 0.214. The molecule has 214 valence electrons. The molecule has 0 fully saturated rings. The Labute approximate surface area is 227 Å². The second-order valence-corrected chi connectivity index (χ2v) is 9.09. The zero-order valence-electron chi connectivity index (χ0n) is 20.9. The van der Waals surface area contributed by atoms with E-state index in [1.165, 1.54) is 30.3 Å². The van der Waals surface area contributed by atoms with Crippen molar-refractivity contribution in [2.24, 2.45) is 0 Å². The smallest absolute Gasteiger partial charge is 0.412 e. The van der Waals surface area contributed by atoms with Crippen LogP contribution < -0.4 is 5.32 Å². The number of aromatic nitrogens is 2. The summed E-state index contributed by atoms with van der Waals surface area (Å²) in [6, 6.07) is 9.79. The number of nitrogens with one attached hydrogen (secondary N) is 1. The van der Waals surface area contributed by atoms with E-state index < -0.39 is 53.6 Å². The van der Waals surface area contributed by atoms with Crippen LogP contribution in [0.1, 0.15) is 40.5 Å². The van der Waals surface area contributed by atoms with E-state index in [0.717, 1.165) is 36.4 Å². The van der Waals surface area contributed by atoms with E-state index in [9.17, 15) is 40.3 Å². The van der Waals surface area contributed by atoms with E-state index >= 15 is 0 Å². The first kappa shape index (κ1) is 29.4. The first-order valence-electron chi connectivity index (χ1n) is 12.1. The Morgan fingerprint density at radius 1 is 0.829 bits per heavy atom. The number of rotatable bonds is 9. The van der Waals surface area contributed by atoms with Gasteiger partial charge in [0.1, 0.15) is 11.6 Å². The van der Waals surface area contributed by atoms with Crippen molar-refractivity contribution in [2.75, 3.05) is 0 Å². The minimum absolute atomic E-state index is 0.0499. The maximum Gasteiger partial charge on any atom is 0.412 e. The van der Waals surface area contributed by atoms with Crippen molar-refractivity contribution in [3.05, 3.63) is 95.2 Å². The van der Waals surface area contributed by atoms with E-state index in [1.807, 2.05) is 5.32 Å². The van der Waals surface area contributed by atoms with Crippen LogP contribution in [-0.2, 0) is 11.2 Å². The molecular weight excluding hydrogens is 559 g/mol. The zero-order valence-corrected chi connectivity index (χ0v) is 20.9. The number of alkyl halides is 5. The number of nitrogens with zero attached hydrogens (tertiary/aromatic N) is 2. The van der Waals surface area contributed by atoms with Crippen LogP contribution in [0.5, 0.6) is 0 Å². The SMILES string of the molecule is O=C(N[C@H](c1ccc(F)cc1)C(F)(F)F)c1ccc2nc(-c3ccc(F)cc3)c(CCCC(F)(F)C(=O)O)nc2c1. The standard InChI is InChI=1S/C28H20F7N3O3/c29-18-8-3-15(4-9-18)23-21(2-1-13-27(31,32)26(40)41)36-22-14-17(7-12-20(22)37-23)25(39)38-24(28(33,34)35)16-5-10-19(30)11-6-16/h3-12,14,24H,1-2,13H2,(H,38,39)(H,40,41)/t24-/m1/s1. The summed E-state index contributed by atoms with van der Waals surface area (Å²) >= 11 is 0. The predicted octanol–water partition coefficient (Wildman–Crippen LogP) is 6.65. The summed E-state index contributed by atoms with van der Waals surface area (Å²) in [5.74, 6) is -8.68. The summed E-state index contributed by atoms with van der Waals surface area (Å²) in [6.07, 6.45) is -6.40. The lowest BCUT2D eigenvalue weighted by Gasteiger charge is -2.22. The second kappa shape index (κ2) is 11.5. The van der Waals surface area contributed by atoms with Crippen molar-refractivity contribution in [3.8, 4) is 11.3 Å². The molecule has 0 aliphatic rings. The molecular formula is C28H20F7N3O3. The number of carbonyl (C=O) groups excluding carboxylic acids is 1. The molecule has 0 bridgehead atoms. The first-order chi connectivity index (χ1) is 19.2. The number of aryl methyl sites for hydroxylation is 1. The molecule has 0 unspecified atom stereocenters. The maximum absolute atomic E-state index is 13.7. The molecule has 0 saturated carbocycles. The average molecular weight is 579 g/mol. The van der Waals surface area contributed by atoms with Gasteiger partial charge in [-0.2, -0.15) is 22.0 Å². The van der Waals surface area contributed by atoms with Gasteiger partial charge in [0.25, 0.3) is 5.91 Å². The highest BCUT2D eigenvalue weighted by molar-refractivity contribution is 5.97. The molecule has 1 amide bonds. The van der Waals surface area contributed by atoms with Gasteiger partial charge >= 0.3 is 18.1 Å². The molecule has 0 saturated heterocycles. The van der Waals surface area contributed by atoms with Crippen LogP contribution in [0.25, 0.3) is 22.3 Å². The van der Waals surface area contributed by atoms with Crippen LogP contribution in [0.3, 0.4) is 0 Å². The fourth-order valence-electron chi connectivity index (χ4n) is 4.05. The molecule has 0 spiro atoms. The third-order valence-corrected chi connectivity index (χ3v) is 6.14. The van der Waals surface area contributed by atoms with Crippen LogP contribution in [0, 0.1) is 11.6 Å². The van der Waals surface area contributed by atoms with Gasteiger partial charge in [-0.05, 0) is 73.0 Å². The minimum Gasteiger partial charge on any atom is -0.477 e. The quantitative estimate of drug-likeness (QED) is 0.217. The molecule has 1 heterocycles. The number of carboxylic acids is 1. The Morgan fingerprint density at radius 2 is 1.44 bits per heavy atom. The van der Waals surface area contributed by atoms with Crippen molar-refractivity contribution in [1.29, 1.82) is 0 Å². The highest BCUT2D eigenvalue weighted by atomic mass is 19.4. The minimum atomic E-state index is -4.90. The number of amides is 1. The van der Waals surface area contributed by atoms with Gasteiger partial charge in [-0.25, -0.2) is 23.5 Å². The first-order valence-corrected chi connectivity index (χ1v) is 12.1. The fourth-order valence-corrected chi connectivity index (χ4v) is 4.05. The van der Waals surface area contributed by atoms with Crippen molar-refractivity contribution >= 4 is 22.9 Å². The highest BCUT2D eigenvalue weighted by Crippen LogP contribution is 2.33. The Balaban J connectivity index is 1.68. The van der Waals surface area contributed by atoms with E-state index in [2.05, 4.69) is 9.97 Å². The van der Waals surface area contributed by atoms with E-state index in [0.29, 0.717) is 5.56 Å². The van der Waals surface area contributed by atoms with Gasteiger partial charge in [0.05, 0.1) is 22.4 Å². The summed E-state index contributed by atoms with van der Waals surface area (Å²) in [7, 11) is 0. The summed E-state index contributed by atoms with van der Waals surface area (Å²) in [4.78, 5) is 32.4. The van der Waals surface area contributed by atoms with Gasteiger partial charge in [0.2, 0.25) is 0 Å². The molecule has 13 heteroatoms. The number of halogens is 7. The topological polar surface area (TPSA) is 92.2 Å².